The third-order valence-electron chi connectivity index (χ3n) is 5.69. The number of sulfonamides is 1. The van der Waals surface area contributed by atoms with Crippen LogP contribution in [0, 0.1) is 27.7 Å². The van der Waals surface area contributed by atoms with E-state index in [2.05, 4.69) is 35.2 Å². The summed E-state index contributed by atoms with van der Waals surface area (Å²) in [7, 11) is -3.48. The Hall–Kier alpha value is -1.69. The van der Waals surface area contributed by atoms with E-state index in [0.29, 0.717) is 18.0 Å². The van der Waals surface area contributed by atoms with E-state index in [1.807, 2.05) is 33.8 Å². The predicted molar refractivity (Wildman–Crippen MR) is 110 cm³/mol. The van der Waals surface area contributed by atoms with Crippen molar-refractivity contribution < 1.29 is 8.42 Å². The van der Waals surface area contributed by atoms with Gasteiger partial charge < -0.3 is 0 Å². The molecule has 0 radical (unpaired) electrons. The van der Waals surface area contributed by atoms with Gasteiger partial charge in [-0.3, -0.25) is 4.90 Å². The van der Waals surface area contributed by atoms with Crippen molar-refractivity contribution in [2.45, 2.75) is 45.6 Å². The van der Waals surface area contributed by atoms with E-state index < -0.39 is 10.0 Å². The van der Waals surface area contributed by atoms with Gasteiger partial charge in [0.15, 0.2) is 0 Å². The highest BCUT2D eigenvalue weighted by atomic mass is 32.2. The summed E-state index contributed by atoms with van der Waals surface area (Å²) in [6.45, 7) is 11.5. The zero-order valence-electron chi connectivity index (χ0n) is 16.8. The third-order valence-corrected chi connectivity index (χ3v) is 7.86. The molecule has 0 aromatic heterocycles. The Kier molecular flexibility index (Phi) is 6.04. The van der Waals surface area contributed by atoms with E-state index in [9.17, 15) is 8.42 Å². The molecular weight excluding hydrogens is 356 g/mol. The molecule has 0 N–H and O–H groups in total. The molecule has 1 aliphatic rings. The Balaban J connectivity index is 1.81. The average molecular weight is 387 g/mol. The molecule has 3 rings (SSSR count). The number of rotatable bonds is 4. The summed E-state index contributed by atoms with van der Waals surface area (Å²) in [6, 6.07) is 12.5. The van der Waals surface area contributed by atoms with Crippen molar-refractivity contribution in [3.05, 3.63) is 64.2 Å². The highest BCUT2D eigenvalue weighted by Gasteiger charge is 2.30. The zero-order chi connectivity index (χ0) is 19.6. The van der Waals surface area contributed by atoms with Crippen LogP contribution >= 0.6 is 0 Å². The molecule has 0 atom stereocenters. The van der Waals surface area contributed by atoms with E-state index in [0.717, 1.165) is 48.3 Å². The quantitative estimate of drug-likeness (QED) is 0.802. The van der Waals surface area contributed by atoms with Crippen molar-refractivity contribution >= 4 is 10.0 Å². The molecule has 0 bridgehead atoms. The van der Waals surface area contributed by atoms with Crippen molar-refractivity contribution in [2.75, 3.05) is 26.2 Å². The highest BCUT2D eigenvalue weighted by Crippen LogP contribution is 2.29. The lowest BCUT2D eigenvalue weighted by molar-refractivity contribution is 0.278. The second-order valence-electron chi connectivity index (χ2n) is 7.61. The summed E-state index contributed by atoms with van der Waals surface area (Å²) in [5, 5.41) is 0. The number of benzene rings is 2. The first-order valence-electron chi connectivity index (χ1n) is 9.64. The molecule has 5 heteroatoms. The molecule has 0 amide bonds. The first-order valence-corrected chi connectivity index (χ1v) is 11.1. The van der Waals surface area contributed by atoms with Crippen LogP contribution in [-0.4, -0.2) is 43.8 Å². The molecule has 1 saturated heterocycles. The molecule has 2 aromatic carbocycles. The standard InChI is InChI=1S/C22H30N2O2S/c1-17-15-18(2)20(4)22(19(17)3)27(25,26)24-12-8-11-23(13-14-24)16-21-9-6-5-7-10-21/h5-7,9-10,15H,8,11-14,16H2,1-4H3. The fourth-order valence-corrected chi connectivity index (χ4v) is 5.93. The summed E-state index contributed by atoms with van der Waals surface area (Å²) >= 11 is 0. The molecule has 27 heavy (non-hydrogen) atoms. The van der Waals surface area contributed by atoms with Crippen molar-refractivity contribution in [1.82, 2.24) is 9.21 Å². The Morgan fingerprint density at radius 1 is 0.852 bits per heavy atom. The summed E-state index contributed by atoms with van der Waals surface area (Å²) in [5.74, 6) is 0. The minimum Gasteiger partial charge on any atom is -0.298 e. The van der Waals surface area contributed by atoms with E-state index in [4.69, 9.17) is 0 Å². The molecule has 1 fully saturated rings. The Labute approximate surface area is 163 Å². The molecule has 0 aliphatic carbocycles. The van der Waals surface area contributed by atoms with Crippen LogP contribution in [0.1, 0.15) is 34.2 Å². The SMILES string of the molecule is Cc1cc(C)c(C)c(S(=O)(=O)N2CCCN(Cc3ccccc3)CC2)c1C. The van der Waals surface area contributed by atoms with Gasteiger partial charge in [-0.05, 0) is 68.5 Å². The summed E-state index contributed by atoms with van der Waals surface area (Å²) in [6.07, 6.45) is 0.856. The summed E-state index contributed by atoms with van der Waals surface area (Å²) < 4.78 is 28.6. The van der Waals surface area contributed by atoms with Crippen LogP contribution in [0.5, 0.6) is 0 Å². The minimum absolute atomic E-state index is 0.511. The fraction of sp³-hybridized carbons (Fsp3) is 0.455. The van der Waals surface area contributed by atoms with E-state index in [1.54, 1.807) is 4.31 Å². The average Bonchev–Trinajstić information content (AvgIpc) is 2.87. The van der Waals surface area contributed by atoms with Gasteiger partial charge in [0.25, 0.3) is 0 Å². The first-order chi connectivity index (χ1) is 12.8. The van der Waals surface area contributed by atoms with E-state index in [-0.39, 0.29) is 0 Å². The van der Waals surface area contributed by atoms with Gasteiger partial charge in [0.2, 0.25) is 10.0 Å². The maximum Gasteiger partial charge on any atom is 0.243 e. The lowest BCUT2D eigenvalue weighted by atomic mass is 10.0. The van der Waals surface area contributed by atoms with Crippen molar-refractivity contribution in [2.24, 2.45) is 0 Å². The zero-order valence-corrected chi connectivity index (χ0v) is 17.6. The van der Waals surface area contributed by atoms with Crippen molar-refractivity contribution in [1.29, 1.82) is 0 Å². The molecule has 4 nitrogen and oxygen atoms in total. The second kappa shape index (κ2) is 8.13. The molecule has 0 saturated carbocycles. The number of nitrogens with zero attached hydrogens (tertiary/aromatic N) is 2. The molecular formula is C22H30N2O2S. The van der Waals surface area contributed by atoms with Crippen LogP contribution in [0.2, 0.25) is 0 Å². The largest absolute Gasteiger partial charge is 0.298 e. The smallest absolute Gasteiger partial charge is 0.243 e. The topological polar surface area (TPSA) is 40.6 Å². The second-order valence-corrected chi connectivity index (χ2v) is 9.48. The van der Waals surface area contributed by atoms with Gasteiger partial charge in [-0.25, -0.2) is 8.42 Å². The lowest BCUT2D eigenvalue weighted by Gasteiger charge is -2.24. The Morgan fingerprint density at radius 2 is 1.48 bits per heavy atom. The normalized spacial score (nSPS) is 17.0. The van der Waals surface area contributed by atoms with Gasteiger partial charge in [0.1, 0.15) is 0 Å². The highest BCUT2D eigenvalue weighted by molar-refractivity contribution is 7.89. The maximum absolute atomic E-state index is 13.5. The van der Waals surface area contributed by atoms with Crippen LogP contribution in [0.15, 0.2) is 41.3 Å². The number of hydrogen-bond donors (Lipinski definition) is 0. The van der Waals surface area contributed by atoms with Gasteiger partial charge >= 0.3 is 0 Å². The minimum atomic E-state index is -3.48. The molecule has 1 aliphatic heterocycles. The predicted octanol–water partition coefficient (Wildman–Crippen LogP) is 3.82. The third kappa shape index (κ3) is 4.26. The number of aryl methyl sites for hydroxylation is 2. The van der Waals surface area contributed by atoms with Crippen LogP contribution in [0.3, 0.4) is 0 Å². The van der Waals surface area contributed by atoms with E-state index in [1.165, 1.54) is 5.56 Å². The number of hydrogen-bond acceptors (Lipinski definition) is 3. The summed E-state index contributed by atoms with van der Waals surface area (Å²) in [5.41, 5.74) is 5.11. The van der Waals surface area contributed by atoms with Crippen LogP contribution in [-0.2, 0) is 16.6 Å². The molecule has 2 aromatic rings. The first kappa shape index (κ1) is 20.1. The van der Waals surface area contributed by atoms with Crippen molar-refractivity contribution in [3.63, 3.8) is 0 Å². The van der Waals surface area contributed by atoms with Crippen molar-refractivity contribution in [3.8, 4) is 0 Å². The summed E-state index contributed by atoms with van der Waals surface area (Å²) in [4.78, 5) is 2.86. The molecule has 1 heterocycles. The fourth-order valence-electron chi connectivity index (χ4n) is 3.88. The molecule has 0 spiro atoms. The molecule has 0 unspecified atom stereocenters. The van der Waals surface area contributed by atoms with Gasteiger partial charge in [-0.2, -0.15) is 4.31 Å². The van der Waals surface area contributed by atoms with Gasteiger partial charge in [-0.15, -0.1) is 0 Å². The Morgan fingerprint density at radius 3 is 2.11 bits per heavy atom. The molecule has 146 valence electrons. The van der Waals surface area contributed by atoms with Crippen LogP contribution in [0.25, 0.3) is 0 Å². The maximum atomic E-state index is 13.5. The Bertz CT molecular complexity index is 881. The van der Waals surface area contributed by atoms with Gasteiger partial charge in [0.05, 0.1) is 4.90 Å². The van der Waals surface area contributed by atoms with Crippen LogP contribution < -0.4 is 0 Å². The van der Waals surface area contributed by atoms with Gasteiger partial charge in [0, 0.05) is 26.2 Å². The van der Waals surface area contributed by atoms with E-state index >= 15 is 0 Å². The van der Waals surface area contributed by atoms with Crippen LogP contribution in [0.4, 0.5) is 0 Å². The monoisotopic (exact) mass is 386 g/mol. The lowest BCUT2D eigenvalue weighted by Crippen LogP contribution is -2.36. The van der Waals surface area contributed by atoms with Gasteiger partial charge in [-0.1, -0.05) is 36.4 Å².